The summed E-state index contributed by atoms with van der Waals surface area (Å²) in [6.07, 6.45) is 1.01. The van der Waals surface area contributed by atoms with Gasteiger partial charge >= 0.3 is 0 Å². The van der Waals surface area contributed by atoms with E-state index in [0.29, 0.717) is 29.0 Å². The van der Waals surface area contributed by atoms with E-state index in [0.717, 1.165) is 29.0 Å². The molecule has 2 aromatic carbocycles. The molecule has 0 spiro atoms. The predicted molar refractivity (Wildman–Crippen MR) is 116 cm³/mol. The molecular formula is C22H23ClN2O2S. The van der Waals surface area contributed by atoms with Gasteiger partial charge in [0.1, 0.15) is 5.76 Å². The molecule has 0 unspecified atom stereocenters. The third kappa shape index (κ3) is 5.63. The second-order valence-electron chi connectivity index (χ2n) is 6.47. The molecule has 0 fully saturated rings. The fourth-order valence-electron chi connectivity index (χ4n) is 2.66. The Balaban J connectivity index is 1.48. The highest BCUT2D eigenvalue weighted by Gasteiger charge is 2.12. The third-order valence-corrected chi connectivity index (χ3v) is 5.57. The van der Waals surface area contributed by atoms with Crippen molar-refractivity contribution in [1.29, 1.82) is 0 Å². The number of nitrogens with one attached hydrogen (secondary N) is 1. The second-order valence-corrected chi connectivity index (χ2v) is 7.89. The Bertz CT molecular complexity index is 921. The number of benzene rings is 2. The number of hydrogen-bond acceptors (Lipinski definition) is 4. The molecule has 3 aromatic rings. The number of amides is 1. The van der Waals surface area contributed by atoms with Gasteiger partial charge in [0.25, 0.3) is 0 Å². The Labute approximate surface area is 174 Å². The van der Waals surface area contributed by atoms with Gasteiger partial charge in [0, 0.05) is 22.9 Å². The van der Waals surface area contributed by atoms with E-state index in [-0.39, 0.29) is 5.91 Å². The molecule has 0 aliphatic heterocycles. The Kier molecular flexibility index (Phi) is 7.18. The van der Waals surface area contributed by atoms with E-state index >= 15 is 0 Å². The van der Waals surface area contributed by atoms with E-state index in [1.165, 1.54) is 17.3 Å². The summed E-state index contributed by atoms with van der Waals surface area (Å²) >= 11 is 7.39. The van der Waals surface area contributed by atoms with Gasteiger partial charge < -0.3 is 9.73 Å². The molecule has 0 atom stereocenters. The van der Waals surface area contributed by atoms with Crippen LogP contribution in [-0.4, -0.2) is 16.6 Å². The van der Waals surface area contributed by atoms with Crippen LogP contribution in [0.2, 0.25) is 5.02 Å². The number of rotatable bonds is 8. The molecule has 0 saturated carbocycles. The molecule has 0 radical (unpaired) electrons. The largest absolute Gasteiger partial charge is 0.441 e. The van der Waals surface area contributed by atoms with Crippen molar-refractivity contribution >= 4 is 29.3 Å². The molecule has 3 rings (SSSR count). The molecule has 1 amide bonds. The minimum Gasteiger partial charge on any atom is -0.441 e. The lowest BCUT2D eigenvalue weighted by Gasteiger charge is -2.05. The summed E-state index contributed by atoms with van der Waals surface area (Å²) in [5, 5.41) is 3.60. The van der Waals surface area contributed by atoms with Crippen LogP contribution in [0.25, 0.3) is 11.5 Å². The Morgan fingerprint density at radius 3 is 2.46 bits per heavy atom. The van der Waals surface area contributed by atoms with Crippen molar-refractivity contribution in [2.75, 3.05) is 5.75 Å². The monoisotopic (exact) mass is 414 g/mol. The minimum absolute atomic E-state index is 0.00326. The number of carbonyl (C=O) groups excluding carboxylic acids is 1. The predicted octanol–water partition coefficient (Wildman–Crippen LogP) is 5.42. The van der Waals surface area contributed by atoms with Crippen molar-refractivity contribution in [1.82, 2.24) is 10.3 Å². The zero-order valence-corrected chi connectivity index (χ0v) is 17.6. The van der Waals surface area contributed by atoms with Crippen molar-refractivity contribution in [3.63, 3.8) is 0 Å². The number of thioether (sulfide) groups is 1. The molecule has 0 aliphatic carbocycles. The van der Waals surface area contributed by atoms with Crippen molar-refractivity contribution in [3.8, 4) is 11.5 Å². The van der Waals surface area contributed by atoms with Crippen LogP contribution in [0.4, 0.5) is 0 Å². The number of aryl methyl sites for hydroxylation is 2. The summed E-state index contributed by atoms with van der Waals surface area (Å²) in [6, 6.07) is 15.7. The van der Waals surface area contributed by atoms with Gasteiger partial charge in [0.2, 0.25) is 11.8 Å². The van der Waals surface area contributed by atoms with Crippen LogP contribution in [0.1, 0.15) is 29.5 Å². The highest BCUT2D eigenvalue weighted by Crippen LogP contribution is 2.24. The van der Waals surface area contributed by atoms with Gasteiger partial charge in [-0.2, -0.15) is 0 Å². The van der Waals surface area contributed by atoms with Gasteiger partial charge in [-0.05, 0) is 48.7 Å². The summed E-state index contributed by atoms with van der Waals surface area (Å²) in [5.74, 6) is 2.43. The number of oxazole rings is 1. The van der Waals surface area contributed by atoms with Gasteiger partial charge in [-0.25, -0.2) is 4.98 Å². The first-order chi connectivity index (χ1) is 13.5. The van der Waals surface area contributed by atoms with E-state index in [9.17, 15) is 4.79 Å². The molecule has 1 aromatic heterocycles. The first-order valence-electron chi connectivity index (χ1n) is 9.19. The number of nitrogens with zero attached hydrogens (tertiary/aromatic N) is 1. The lowest BCUT2D eigenvalue weighted by molar-refractivity contribution is -0.118. The van der Waals surface area contributed by atoms with Crippen LogP contribution >= 0.6 is 23.4 Å². The van der Waals surface area contributed by atoms with Gasteiger partial charge in [0.15, 0.2) is 0 Å². The van der Waals surface area contributed by atoms with E-state index in [1.54, 1.807) is 0 Å². The third-order valence-electron chi connectivity index (χ3n) is 4.38. The smallest absolute Gasteiger partial charge is 0.230 e. The average molecular weight is 415 g/mol. The maximum absolute atomic E-state index is 12.0. The van der Waals surface area contributed by atoms with Crippen molar-refractivity contribution in [2.45, 2.75) is 32.6 Å². The molecule has 0 aliphatic rings. The number of hydrogen-bond donors (Lipinski definition) is 1. The SMILES string of the molecule is CCc1ccc(-c2nc(CSCC(=O)NCc3ccc(Cl)cc3)c(C)o2)cc1. The van der Waals surface area contributed by atoms with Crippen LogP contribution in [0.15, 0.2) is 52.9 Å². The lowest BCUT2D eigenvalue weighted by atomic mass is 10.1. The summed E-state index contributed by atoms with van der Waals surface area (Å²) in [7, 11) is 0. The summed E-state index contributed by atoms with van der Waals surface area (Å²) in [5.41, 5.74) is 4.16. The molecular weight excluding hydrogens is 392 g/mol. The van der Waals surface area contributed by atoms with Crippen LogP contribution in [0, 0.1) is 6.92 Å². The molecule has 1 heterocycles. The van der Waals surface area contributed by atoms with Crippen LogP contribution < -0.4 is 5.32 Å². The van der Waals surface area contributed by atoms with Crippen molar-refractivity contribution in [2.24, 2.45) is 0 Å². The first-order valence-corrected chi connectivity index (χ1v) is 10.7. The van der Waals surface area contributed by atoms with Gasteiger partial charge in [-0.3, -0.25) is 4.79 Å². The quantitative estimate of drug-likeness (QED) is 0.535. The molecule has 28 heavy (non-hydrogen) atoms. The number of carbonyl (C=O) groups is 1. The molecule has 0 bridgehead atoms. The maximum Gasteiger partial charge on any atom is 0.230 e. The molecule has 4 nitrogen and oxygen atoms in total. The second kappa shape index (κ2) is 9.80. The van der Waals surface area contributed by atoms with Gasteiger partial charge in [-0.1, -0.05) is 42.8 Å². The molecule has 1 N–H and O–H groups in total. The van der Waals surface area contributed by atoms with Crippen LogP contribution in [0.5, 0.6) is 0 Å². The van der Waals surface area contributed by atoms with Gasteiger partial charge in [0.05, 0.1) is 11.4 Å². The summed E-state index contributed by atoms with van der Waals surface area (Å²) < 4.78 is 5.81. The zero-order chi connectivity index (χ0) is 19.9. The molecule has 146 valence electrons. The van der Waals surface area contributed by atoms with Crippen LogP contribution in [0.3, 0.4) is 0 Å². The fourth-order valence-corrected chi connectivity index (χ4v) is 3.64. The highest BCUT2D eigenvalue weighted by atomic mass is 35.5. The molecule has 6 heteroatoms. The Morgan fingerprint density at radius 1 is 1.11 bits per heavy atom. The Morgan fingerprint density at radius 2 is 1.79 bits per heavy atom. The van der Waals surface area contributed by atoms with Gasteiger partial charge in [-0.15, -0.1) is 11.8 Å². The minimum atomic E-state index is -0.00326. The van der Waals surface area contributed by atoms with E-state index in [4.69, 9.17) is 16.0 Å². The lowest BCUT2D eigenvalue weighted by Crippen LogP contribution is -2.24. The molecule has 0 saturated heterocycles. The van der Waals surface area contributed by atoms with Crippen molar-refractivity contribution < 1.29 is 9.21 Å². The fraction of sp³-hybridized carbons (Fsp3) is 0.273. The normalized spacial score (nSPS) is 10.8. The van der Waals surface area contributed by atoms with E-state index in [2.05, 4.69) is 29.4 Å². The number of aromatic nitrogens is 1. The summed E-state index contributed by atoms with van der Waals surface area (Å²) in [6.45, 7) is 4.54. The topological polar surface area (TPSA) is 55.1 Å². The average Bonchev–Trinajstić information content (AvgIpc) is 3.08. The zero-order valence-electron chi connectivity index (χ0n) is 16.0. The van der Waals surface area contributed by atoms with E-state index in [1.807, 2.05) is 43.3 Å². The Hall–Kier alpha value is -2.24. The number of halogens is 1. The van der Waals surface area contributed by atoms with Crippen LogP contribution in [-0.2, 0) is 23.5 Å². The van der Waals surface area contributed by atoms with E-state index < -0.39 is 0 Å². The first kappa shape index (κ1) is 20.5. The summed E-state index contributed by atoms with van der Waals surface area (Å²) in [4.78, 5) is 16.6. The van der Waals surface area contributed by atoms with Crippen molar-refractivity contribution in [3.05, 3.63) is 76.1 Å². The maximum atomic E-state index is 12.0. The standard InChI is InChI=1S/C22H23ClN2O2S/c1-3-16-4-8-18(9-5-16)22-25-20(15(2)27-22)13-28-14-21(26)24-12-17-6-10-19(23)11-7-17/h4-11H,3,12-14H2,1-2H3,(H,24,26). The highest BCUT2D eigenvalue weighted by molar-refractivity contribution is 7.99.